The van der Waals surface area contributed by atoms with Gasteiger partial charge in [0.25, 0.3) is 0 Å². The third kappa shape index (κ3) is 3.38. The molecule has 1 aliphatic heterocycles. The first-order valence-electron chi connectivity index (χ1n) is 8.78. The van der Waals surface area contributed by atoms with Crippen molar-refractivity contribution in [2.45, 2.75) is 30.7 Å². The van der Waals surface area contributed by atoms with Gasteiger partial charge >= 0.3 is 0 Å². The molecule has 3 aromatic rings. The maximum atomic E-state index is 12.5. The highest BCUT2D eigenvalue weighted by atomic mass is 32.2. The molecule has 0 radical (unpaired) electrons. The fourth-order valence-electron chi connectivity index (χ4n) is 3.22. The van der Waals surface area contributed by atoms with Crippen LogP contribution in [-0.2, 0) is 4.79 Å². The van der Waals surface area contributed by atoms with E-state index in [1.54, 1.807) is 29.9 Å². The van der Waals surface area contributed by atoms with Gasteiger partial charge in [-0.3, -0.25) is 9.59 Å². The molecule has 6 nitrogen and oxygen atoms in total. The van der Waals surface area contributed by atoms with Gasteiger partial charge in [0.2, 0.25) is 11.5 Å². The van der Waals surface area contributed by atoms with E-state index in [9.17, 15) is 9.59 Å². The maximum Gasteiger partial charge on any atom is 0.250 e. The number of ether oxygens (including phenoxy) is 1. The molecule has 146 valence electrons. The van der Waals surface area contributed by atoms with Crippen molar-refractivity contribution >= 4 is 56.3 Å². The van der Waals surface area contributed by atoms with E-state index in [0.717, 1.165) is 35.6 Å². The van der Waals surface area contributed by atoms with Gasteiger partial charge in [-0.25, -0.2) is 5.01 Å². The standard InChI is InChI=1S/C19H19N3O3S3/c1-4-17(24)22-12(13-5-6-18(25-2)27-13)8-11(21-22)15-7-10-14(26-3)9-16(23)20-19(10)28-15/h5-7,9,12H,4,8H2,1-3H3,(H,20,23). The Morgan fingerprint density at radius 3 is 2.89 bits per heavy atom. The summed E-state index contributed by atoms with van der Waals surface area (Å²) >= 11 is 4.59. The molecule has 0 spiro atoms. The Morgan fingerprint density at radius 1 is 1.39 bits per heavy atom. The van der Waals surface area contributed by atoms with E-state index in [2.05, 4.69) is 16.2 Å². The molecule has 3 aromatic heterocycles. The highest BCUT2D eigenvalue weighted by molar-refractivity contribution is 7.98. The molecule has 4 rings (SSSR count). The number of hydrogen-bond acceptors (Lipinski definition) is 7. The number of pyridine rings is 1. The van der Waals surface area contributed by atoms with Gasteiger partial charge in [-0.05, 0) is 24.5 Å². The van der Waals surface area contributed by atoms with Crippen molar-refractivity contribution in [3.05, 3.63) is 44.4 Å². The van der Waals surface area contributed by atoms with Gasteiger partial charge in [0, 0.05) is 34.1 Å². The fourth-order valence-corrected chi connectivity index (χ4v) is 5.87. The smallest absolute Gasteiger partial charge is 0.250 e. The van der Waals surface area contributed by atoms with Crippen LogP contribution in [0.2, 0.25) is 0 Å². The number of amides is 1. The van der Waals surface area contributed by atoms with E-state index in [1.807, 2.05) is 25.3 Å². The van der Waals surface area contributed by atoms with Crippen molar-refractivity contribution in [2.75, 3.05) is 13.4 Å². The monoisotopic (exact) mass is 433 g/mol. The number of thioether (sulfide) groups is 1. The van der Waals surface area contributed by atoms with Gasteiger partial charge in [0.1, 0.15) is 4.83 Å². The molecule has 1 unspecified atom stereocenters. The second-order valence-corrected chi connectivity index (χ2v) is 9.25. The minimum absolute atomic E-state index is 0.00770. The predicted molar refractivity (Wildman–Crippen MR) is 116 cm³/mol. The quantitative estimate of drug-likeness (QED) is 0.603. The Labute approximate surface area is 174 Å². The molecule has 0 fully saturated rings. The van der Waals surface area contributed by atoms with E-state index in [-0.39, 0.29) is 17.5 Å². The first-order valence-corrected chi connectivity index (χ1v) is 11.6. The van der Waals surface area contributed by atoms with Gasteiger partial charge in [-0.1, -0.05) is 6.92 Å². The molecule has 0 aromatic carbocycles. The highest BCUT2D eigenvalue weighted by Crippen LogP contribution is 2.40. The Hall–Kier alpha value is -2.10. The molecule has 0 saturated heterocycles. The molecular weight excluding hydrogens is 414 g/mol. The minimum atomic E-state index is -0.124. The van der Waals surface area contributed by atoms with Crippen molar-refractivity contribution < 1.29 is 9.53 Å². The van der Waals surface area contributed by atoms with Crippen LogP contribution < -0.4 is 10.3 Å². The topological polar surface area (TPSA) is 74.8 Å². The van der Waals surface area contributed by atoms with Gasteiger partial charge in [0.05, 0.1) is 23.7 Å². The number of H-pyrrole nitrogens is 1. The molecule has 0 aliphatic carbocycles. The largest absolute Gasteiger partial charge is 0.487 e. The third-order valence-corrected chi connectivity index (χ3v) is 7.63. The van der Waals surface area contributed by atoms with Crippen LogP contribution in [0.25, 0.3) is 10.2 Å². The number of fused-ring (bicyclic) bond motifs is 1. The summed E-state index contributed by atoms with van der Waals surface area (Å²) in [7, 11) is 1.64. The molecule has 1 atom stereocenters. The van der Waals surface area contributed by atoms with Crippen molar-refractivity contribution in [2.24, 2.45) is 5.10 Å². The van der Waals surface area contributed by atoms with Crippen LogP contribution in [0.3, 0.4) is 0 Å². The number of aromatic amines is 1. The molecule has 0 saturated carbocycles. The van der Waals surface area contributed by atoms with Crippen LogP contribution in [-0.4, -0.2) is 35.0 Å². The number of carbonyl (C=O) groups excluding carboxylic acids is 1. The summed E-state index contributed by atoms with van der Waals surface area (Å²) in [6.45, 7) is 1.84. The first kappa shape index (κ1) is 19.2. The Balaban J connectivity index is 1.74. The summed E-state index contributed by atoms with van der Waals surface area (Å²) < 4.78 is 5.31. The van der Waals surface area contributed by atoms with E-state index in [1.165, 1.54) is 22.7 Å². The van der Waals surface area contributed by atoms with E-state index in [4.69, 9.17) is 4.74 Å². The zero-order valence-electron chi connectivity index (χ0n) is 15.6. The van der Waals surface area contributed by atoms with Crippen LogP contribution >= 0.6 is 34.4 Å². The van der Waals surface area contributed by atoms with Gasteiger partial charge in [-0.15, -0.1) is 34.4 Å². The SMILES string of the molecule is CCC(=O)N1N=C(c2cc3c(SC)cc(=O)[nH]c3s2)CC1c1ccc(OC)s1. The van der Waals surface area contributed by atoms with Crippen LogP contribution in [0.1, 0.15) is 35.6 Å². The highest BCUT2D eigenvalue weighted by Gasteiger charge is 2.34. The molecule has 1 N–H and O–H groups in total. The lowest BCUT2D eigenvalue weighted by Crippen LogP contribution is -2.25. The fraction of sp³-hybridized carbons (Fsp3) is 0.316. The van der Waals surface area contributed by atoms with Crippen molar-refractivity contribution in [1.82, 2.24) is 9.99 Å². The van der Waals surface area contributed by atoms with Crippen LogP contribution in [0.4, 0.5) is 0 Å². The zero-order valence-corrected chi connectivity index (χ0v) is 18.1. The molecule has 0 bridgehead atoms. The molecule has 4 heterocycles. The molecular formula is C19H19N3O3S3. The van der Waals surface area contributed by atoms with Gasteiger partial charge in [0.15, 0.2) is 5.06 Å². The van der Waals surface area contributed by atoms with Gasteiger partial charge < -0.3 is 9.72 Å². The first-order chi connectivity index (χ1) is 13.5. The number of carbonyl (C=O) groups is 1. The number of nitrogens with one attached hydrogen (secondary N) is 1. The summed E-state index contributed by atoms with van der Waals surface area (Å²) in [5, 5.41) is 8.11. The normalized spacial score (nSPS) is 16.6. The molecule has 1 amide bonds. The molecule has 1 aliphatic rings. The van der Waals surface area contributed by atoms with Gasteiger partial charge in [-0.2, -0.15) is 5.10 Å². The second kappa shape index (κ2) is 7.73. The zero-order chi connectivity index (χ0) is 19.8. The third-order valence-electron chi connectivity index (χ3n) is 4.60. The van der Waals surface area contributed by atoms with E-state index < -0.39 is 0 Å². The Morgan fingerprint density at radius 2 is 2.21 bits per heavy atom. The second-order valence-electron chi connectivity index (χ2n) is 6.27. The number of thiophene rings is 2. The van der Waals surface area contributed by atoms with Crippen molar-refractivity contribution in [3.8, 4) is 5.06 Å². The van der Waals surface area contributed by atoms with Crippen LogP contribution in [0.5, 0.6) is 5.06 Å². The van der Waals surface area contributed by atoms with E-state index in [0.29, 0.717) is 12.8 Å². The number of aromatic nitrogens is 1. The van der Waals surface area contributed by atoms with Crippen molar-refractivity contribution in [3.63, 3.8) is 0 Å². The average molecular weight is 434 g/mol. The van der Waals surface area contributed by atoms with Crippen LogP contribution in [0, 0.1) is 0 Å². The lowest BCUT2D eigenvalue weighted by Gasteiger charge is -2.19. The van der Waals surface area contributed by atoms with Crippen molar-refractivity contribution in [1.29, 1.82) is 0 Å². The summed E-state index contributed by atoms with van der Waals surface area (Å²) in [4.78, 5) is 31.1. The number of nitrogens with zero attached hydrogens (tertiary/aromatic N) is 2. The lowest BCUT2D eigenvalue weighted by atomic mass is 10.1. The maximum absolute atomic E-state index is 12.5. The Kier molecular flexibility index (Phi) is 5.31. The number of rotatable bonds is 5. The Bertz CT molecular complexity index is 1130. The average Bonchev–Trinajstić information content (AvgIpc) is 3.42. The van der Waals surface area contributed by atoms with E-state index >= 15 is 0 Å². The summed E-state index contributed by atoms with van der Waals surface area (Å²) in [5.41, 5.74) is 0.762. The summed E-state index contributed by atoms with van der Waals surface area (Å²) in [5.74, 6) is -0.00770. The van der Waals surface area contributed by atoms with Crippen LogP contribution in [0.15, 0.2) is 39.1 Å². The predicted octanol–water partition coefficient (Wildman–Crippen LogP) is 4.47. The lowest BCUT2D eigenvalue weighted by molar-refractivity contribution is -0.132. The summed E-state index contributed by atoms with van der Waals surface area (Å²) in [6, 6.07) is 7.47. The minimum Gasteiger partial charge on any atom is -0.487 e. The number of methoxy groups -OCH3 is 1. The molecule has 28 heavy (non-hydrogen) atoms. The molecule has 9 heteroatoms. The summed E-state index contributed by atoms with van der Waals surface area (Å²) in [6.07, 6.45) is 2.99. The number of hydrogen-bond donors (Lipinski definition) is 1. The number of hydrazone groups is 1.